The molecule has 0 aliphatic carbocycles. The minimum atomic E-state index is -1.65. The lowest BCUT2D eigenvalue weighted by molar-refractivity contribution is 0.0603. The number of aromatic nitrogens is 2. The second-order valence-electron chi connectivity index (χ2n) is 9.03. The van der Waals surface area contributed by atoms with E-state index in [9.17, 15) is 9.00 Å². The monoisotopic (exact) mass is 505 g/mol. The van der Waals surface area contributed by atoms with Crippen LogP contribution in [-0.2, 0) is 24.5 Å². The van der Waals surface area contributed by atoms with E-state index in [0.29, 0.717) is 74.7 Å². The summed E-state index contributed by atoms with van der Waals surface area (Å²) in [5, 5.41) is 0. The molecule has 0 atom stereocenters. The van der Waals surface area contributed by atoms with Crippen molar-refractivity contribution in [1.82, 2.24) is 14.9 Å². The number of amides is 1. The first-order chi connectivity index (χ1) is 16.9. The third kappa shape index (κ3) is 6.89. The largest absolute Gasteiger partial charge is 0.474 e. The van der Waals surface area contributed by atoms with Crippen molar-refractivity contribution in [3.63, 3.8) is 0 Å². The number of rotatable bonds is 7. The fraction of sp³-hybridized carbons (Fsp3) is 0.542. The fourth-order valence-electron chi connectivity index (χ4n) is 3.75. The van der Waals surface area contributed by atoms with Crippen molar-refractivity contribution in [2.45, 2.75) is 45.6 Å². The van der Waals surface area contributed by atoms with Gasteiger partial charge in [0.05, 0.1) is 25.4 Å². The molecule has 1 amide bonds. The van der Waals surface area contributed by atoms with Crippen molar-refractivity contribution in [3.8, 4) is 17.5 Å². The number of carbonyl (C=O) groups excluding carboxylic acids is 1. The molecule has 10 nitrogen and oxygen atoms in total. The SMILES string of the molecule is Cc1c(Oc2ccc([C@H]3CO[S@@](=O)OC3)cc2)ncnc1OC1CCN(C(=O)OCC(C)C)CC1. The highest BCUT2D eigenvalue weighted by Gasteiger charge is 2.26. The van der Waals surface area contributed by atoms with E-state index in [1.807, 2.05) is 45.0 Å². The number of ether oxygens (including phenoxy) is 3. The van der Waals surface area contributed by atoms with Gasteiger partial charge in [-0.3, -0.25) is 8.37 Å². The summed E-state index contributed by atoms with van der Waals surface area (Å²) in [5.41, 5.74) is 1.71. The molecule has 2 saturated heterocycles. The van der Waals surface area contributed by atoms with E-state index in [-0.39, 0.29) is 18.1 Å². The molecule has 0 radical (unpaired) electrons. The number of hydrogen-bond donors (Lipinski definition) is 0. The quantitative estimate of drug-likeness (QED) is 0.553. The minimum absolute atomic E-state index is 0.0195. The summed E-state index contributed by atoms with van der Waals surface area (Å²) in [6, 6.07) is 7.54. The van der Waals surface area contributed by atoms with Gasteiger partial charge in [0.1, 0.15) is 18.2 Å². The molecule has 2 aliphatic rings. The smallest absolute Gasteiger partial charge is 0.409 e. The minimum Gasteiger partial charge on any atom is -0.474 e. The van der Waals surface area contributed by atoms with Gasteiger partial charge in [0.2, 0.25) is 11.8 Å². The normalized spacial score (nSPS) is 21.1. The van der Waals surface area contributed by atoms with Crippen molar-refractivity contribution in [1.29, 1.82) is 0 Å². The molecule has 2 aromatic rings. The summed E-state index contributed by atoms with van der Waals surface area (Å²) in [7, 11) is 0. The molecule has 35 heavy (non-hydrogen) atoms. The molecule has 0 bridgehead atoms. The van der Waals surface area contributed by atoms with Crippen molar-refractivity contribution >= 4 is 17.5 Å². The summed E-state index contributed by atoms with van der Waals surface area (Å²) in [6.45, 7) is 8.15. The van der Waals surface area contributed by atoms with Gasteiger partial charge in [-0.25, -0.2) is 14.8 Å². The van der Waals surface area contributed by atoms with Crippen LogP contribution in [0.4, 0.5) is 4.79 Å². The zero-order valence-electron chi connectivity index (χ0n) is 20.2. The highest BCUT2D eigenvalue weighted by molar-refractivity contribution is 7.75. The number of carbonyl (C=O) groups is 1. The second-order valence-corrected chi connectivity index (χ2v) is 9.90. The Kier molecular flexibility index (Phi) is 8.53. The van der Waals surface area contributed by atoms with Crippen LogP contribution in [-0.4, -0.2) is 64.2 Å². The summed E-state index contributed by atoms with van der Waals surface area (Å²) >= 11 is -1.65. The first-order valence-corrected chi connectivity index (χ1v) is 12.7. The van der Waals surface area contributed by atoms with E-state index >= 15 is 0 Å². The van der Waals surface area contributed by atoms with Crippen LogP contribution < -0.4 is 9.47 Å². The predicted molar refractivity (Wildman–Crippen MR) is 127 cm³/mol. The van der Waals surface area contributed by atoms with Gasteiger partial charge >= 0.3 is 17.5 Å². The molecule has 0 N–H and O–H groups in total. The van der Waals surface area contributed by atoms with Crippen molar-refractivity contribution in [3.05, 3.63) is 41.7 Å². The molecule has 11 heteroatoms. The maximum absolute atomic E-state index is 12.2. The number of piperidine rings is 1. The molecular weight excluding hydrogens is 474 g/mol. The van der Waals surface area contributed by atoms with E-state index in [1.54, 1.807) is 4.90 Å². The van der Waals surface area contributed by atoms with Crippen LogP contribution in [0, 0.1) is 12.8 Å². The molecule has 190 valence electrons. The molecule has 4 rings (SSSR count). The maximum Gasteiger partial charge on any atom is 0.409 e. The standard InChI is InChI=1S/C24H31N3O7S/c1-16(2)12-30-24(28)27-10-8-21(9-11-27)34-23-17(3)22(25-15-26-23)33-20-6-4-18(5-7-20)19-13-31-35(29)32-14-19/h4-7,15-16,19,21H,8-14H2,1-3H3/t19-,35+. The van der Waals surface area contributed by atoms with Crippen molar-refractivity contribution < 1.29 is 31.6 Å². The Morgan fingerprint density at radius 2 is 1.77 bits per heavy atom. The summed E-state index contributed by atoms with van der Waals surface area (Å²) in [4.78, 5) is 22.4. The van der Waals surface area contributed by atoms with Gasteiger partial charge in [-0.2, -0.15) is 4.21 Å². The lowest BCUT2D eigenvalue weighted by Gasteiger charge is -2.31. The zero-order chi connectivity index (χ0) is 24.8. The molecule has 3 heterocycles. The van der Waals surface area contributed by atoms with E-state index in [2.05, 4.69) is 9.97 Å². The molecular formula is C24H31N3O7S. The van der Waals surface area contributed by atoms with Crippen LogP contribution in [0.25, 0.3) is 0 Å². The predicted octanol–water partition coefficient (Wildman–Crippen LogP) is 3.92. The lowest BCUT2D eigenvalue weighted by atomic mass is 10.0. The van der Waals surface area contributed by atoms with Gasteiger partial charge in [0.25, 0.3) is 0 Å². The molecule has 0 saturated carbocycles. The van der Waals surface area contributed by atoms with E-state index in [1.165, 1.54) is 6.33 Å². The van der Waals surface area contributed by atoms with Gasteiger partial charge in [-0.15, -0.1) is 0 Å². The number of likely N-dealkylation sites (tertiary alicyclic amines) is 1. The van der Waals surface area contributed by atoms with Crippen LogP contribution in [0.3, 0.4) is 0 Å². The van der Waals surface area contributed by atoms with Gasteiger partial charge < -0.3 is 19.1 Å². The van der Waals surface area contributed by atoms with Crippen LogP contribution in [0.2, 0.25) is 0 Å². The lowest BCUT2D eigenvalue weighted by Crippen LogP contribution is -2.42. The third-order valence-corrected chi connectivity index (χ3v) is 6.46. The van der Waals surface area contributed by atoms with Gasteiger partial charge in [-0.05, 0) is 30.5 Å². The maximum atomic E-state index is 12.2. The molecule has 1 aromatic heterocycles. The summed E-state index contributed by atoms with van der Waals surface area (Å²) in [6.07, 6.45) is 2.48. The number of hydrogen-bond acceptors (Lipinski definition) is 9. The average Bonchev–Trinajstić information content (AvgIpc) is 2.86. The van der Waals surface area contributed by atoms with Crippen molar-refractivity contribution in [2.75, 3.05) is 32.9 Å². The second kappa shape index (κ2) is 11.8. The Hall–Kier alpha value is -2.76. The highest BCUT2D eigenvalue weighted by atomic mass is 32.2. The van der Waals surface area contributed by atoms with Crippen LogP contribution in [0.1, 0.15) is 43.7 Å². The van der Waals surface area contributed by atoms with Crippen LogP contribution >= 0.6 is 0 Å². The number of benzene rings is 1. The summed E-state index contributed by atoms with van der Waals surface area (Å²) in [5.74, 6) is 1.83. The first-order valence-electron chi connectivity index (χ1n) is 11.7. The van der Waals surface area contributed by atoms with Crippen molar-refractivity contribution in [2.24, 2.45) is 5.92 Å². The highest BCUT2D eigenvalue weighted by Crippen LogP contribution is 2.30. The van der Waals surface area contributed by atoms with E-state index in [0.717, 1.165) is 5.56 Å². The Labute approximate surface area is 207 Å². The van der Waals surface area contributed by atoms with E-state index < -0.39 is 11.4 Å². The third-order valence-electron chi connectivity index (χ3n) is 5.81. The Morgan fingerprint density at radius 1 is 1.11 bits per heavy atom. The zero-order valence-corrected chi connectivity index (χ0v) is 21.0. The molecule has 0 unspecified atom stereocenters. The first kappa shape index (κ1) is 25.3. The van der Waals surface area contributed by atoms with Crippen LogP contribution in [0.5, 0.6) is 17.5 Å². The fourth-order valence-corrected chi connectivity index (χ4v) is 4.37. The average molecular weight is 506 g/mol. The van der Waals surface area contributed by atoms with Crippen LogP contribution in [0.15, 0.2) is 30.6 Å². The van der Waals surface area contributed by atoms with Gasteiger partial charge in [-0.1, -0.05) is 26.0 Å². The van der Waals surface area contributed by atoms with E-state index in [4.69, 9.17) is 22.6 Å². The number of nitrogens with zero attached hydrogens (tertiary/aromatic N) is 3. The summed E-state index contributed by atoms with van der Waals surface area (Å²) < 4.78 is 38.7. The Balaban J connectivity index is 1.31. The molecule has 0 spiro atoms. The molecule has 2 fully saturated rings. The Bertz CT molecular complexity index is 1020. The topological polar surface area (TPSA) is 109 Å². The van der Waals surface area contributed by atoms with Gasteiger partial charge in [0, 0.05) is 31.8 Å². The molecule has 1 aromatic carbocycles. The Morgan fingerprint density at radius 3 is 2.43 bits per heavy atom. The molecule has 2 aliphatic heterocycles. The van der Waals surface area contributed by atoms with Gasteiger partial charge in [0.15, 0.2) is 0 Å².